The van der Waals surface area contributed by atoms with E-state index in [0.717, 1.165) is 89.1 Å². The predicted molar refractivity (Wildman–Crippen MR) is 232 cm³/mol. The lowest BCUT2D eigenvalue weighted by Gasteiger charge is -2.10. The van der Waals surface area contributed by atoms with Crippen LogP contribution in [0.15, 0.2) is 127 Å². The van der Waals surface area contributed by atoms with Gasteiger partial charge in [-0.25, -0.2) is 19.9 Å². The second-order valence-corrected chi connectivity index (χ2v) is 14.8. The molecule has 0 unspecified atom stereocenters. The predicted octanol–water partition coefficient (Wildman–Crippen LogP) is 9.13. The number of imidazole rings is 2. The van der Waals surface area contributed by atoms with Crippen molar-refractivity contribution >= 4 is 38.9 Å². The molecular formula is C45H38BrN13. The van der Waals surface area contributed by atoms with Crippen LogP contribution in [0.2, 0.25) is 0 Å². The summed E-state index contributed by atoms with van der Waals surface area (Å²) in [4.78, 5) is 35.7. The van der Waals surface area contributed by atoms with Gasteiger partial charge in [0.1, 0.15) is 4.60 Å². The lowest BCUT2D eigenvalue weighted by atomic mass is 10.1. The fraction of sp³-hybridized carbons (Fsp3) is 0.133. The van der Waals surface area contributed by atoms with E-state index in [9.17, 15) is 0 Å². The maximum absolute atomic E-state index is 9.03. The number of hydrogen-bond donors (Lipinski definition) is 2. The van der Waals surface area contributed by atoms with Crippen molar-refractivity contribution < 1.29 is 0 Å². The van der Waals surface area contributed by atoms with Gasteiger partial charge in [0.2, 0.25) is 0 Å². The van der Waals surface area contributed by atoms with Crippen molar-refractivity contribution in [2.45, 2.75) is 40.8 Å². The molecule has 0 fully saturated rings. The molecule has 9 aromatic rings. The second-order valence-electron chi connectivity index (χ2n) is 13.9. The molecule has 0 atom stereocenters. The summed E-state index contributed by atoms with van der Waals surface area (Å²) in [7, 11) is 0. The number of nitrogens with zero attached hydrogens (tertiary/aromatic N) is 11. The number of pyridine rings is 4. The second kappa shape index (κ2) is 17.0. The molecule has 0 amide bonds. The van der Waals surface area contributed by atoms with Crippen molar-refractivity contribution in [2.75, 3.05) is 10.6 Å². The Morgan fingerprint density at radius 1 is 0.559 bits per heavy atom. The molecule has 2 N–H and O–H groups in total. The highest BCUT2D eigenvalue weighted by Gasteiger charge is 2.13. The largest absolute Gasteiger partial charge is 0.363 e. The highest BCUT2D eigenvalue weighted by atomic mass is 79.9. The maximum Gasteiger partial charge on any atom is 0.180 e. The Kier molecular flexibility index (Phi) is 11.1. The molecule has 290 valence electrons. The minimum Gasteiger partial charge on any atom is -0.363 e. The zero-order valence-corrected chi connectivity index (χ0v) is 34.3. The molecular weight excluding hydrogens is 802 g/mol. The molecule has 0 aliphatic rings. The summed E-state index contributed by atoms with van der Waals surface area (Å²) in [6.45, 7) is 9.31. The van der Waals surface area contributed by atoms with Gasteiger partial charge in [-0.1, -0.05) is 24.3 Å². The standard InChI is InChI=1S/C26H21N7.C19H17BrN6/c1-17-11-20(14-30-24(17)22-7-8-28-18(2)12-22)15-31-25-26-32-16-23(33(26)10-9-29-25)21-5-3-19(13-27)4-6-21;1-12-7-14(9-23-17(12)15-3-4-21-13(2)8-15)10-24-18-19-25-11-16(20)26(19)6-5-22-18/h3-12,14,16H,15H2,1-2H3,(H,29,31);3-9,11H,10H2,1-2H3,(H,22,24). The van der Waals surface area contributed by atoms with Crippen LogP contribution < -0.4 is 10.6 Å². The third-order valence-corrected chi connectivity index (χ3v) is 10.2. The average Bonchev–Trinajstić information content (AvgIpc) is 3.87. The van der Waals surface area contributed by atoms with E-state index in [1.165, 1.54) is 0 Å². The topological polar surface area (TPSA) is 160 Å². The van der Waals surface area contributed by atoms with Crippen LogP contribution in [0.4, 0.5) is 11.6 Å². The Balaban J connectivity index is 0.000000169. The third kappa shape index (κ3) is 8.51. The van der Waals surface area contributed by atoms with E-state index < -0.39 is 0 Å². The van der Waals surface area contributed by atoms with Gasteiger partial charge < -0.3 is 10.6 Å². The Bertz CT molecular complexity index is 2980. The van der Waals surface area contributed by atoms with Crippen molar-refractivity contribution in [3.05, 3.63) is 166 Å². The van der Waals surface area contributed by atoms with Crippen LogP contribution in [0.3, 0.4) is 0 Å². The third-order valence-electron chi connectivity index (χ3n) is 9.65. The fourth-order valence-electron chi connectivity index (χ4n) is 6.81. The Hall–Kier alpha value is -7.37. The van der Waals surface area contributed by atoms with Gasteiger partial charge in [0.05, 0.1) is 41.1 Å². The minimum atomic E-state index is 0.579. The summed E-state index contributed by atoms with van der Waals surface area (Å²) in [5, 5.41) is 15.8. The van der Waals surface area contributed by atoms with E-state index in [-0.39, 0.29) is 0 Å². The molecule has 0 bridgehead atoms. The van der Waals surface area contributed by atoms with Gasteiger partial charge in [0.25, 0.3) is 0 Å². The number of nitrogens with one attached hydrogen (secondary N) is 2. The molecule has 8 heterocycles. The van der Waals surface area contributed by atoms with Crippen LogP contribution in [-0.4, -0.2) is 48.7 Å². The van der Waals surface area contributed by atoms with Gasteiger partial charge in [0.15, 0.2) is 22.9 Å². The van der Waals surface area contributed by atoms with Crippen molar-refractivity contribution in [3.63, 3.8) is 0 Å². The van der Waals surface area contributed by atoms with E-state index in [1.807, 2.05) is 102 Å². The molecule has 0 aliphatic heterocycles. The zero-order chi connectivity index (χ0) is 40.9. The van der Waals surface area contributed by atoms with Gasteiger partial charge >= 0.3 is 0 Å². The molecule has 1 aromatic carbocycles. The van der Waals surface area contributed by atoms with E-state index in [2.05, 4.69) is 93.5 Å². The lowest BCUT2D eigenvalue weighted by molar-refractivity contribution is 1.05. The summed E-state index contributed by atoms with van der Waals surface area (Å²) in [6, 6.07) is 22.0. The van der Waals surface area contributed by atoms with Gasteiger partial charge in [-0.3, -0.25) is 28.7 Å². The van der Waals surface area contributed by atoms with E-state index in [4.69, 9.17) is 10.2 Å². The van der Waals surface area contributed by atoms with Crippen LogP contribution in [0.5, 0.6) is 0 Å². The summed E-state index contributed by atoms with van der Waals surface area (Å²) in [5.41, 5.74) is 14.5. The smallest absolute Gasteiger partial charge is 0.180 e. The molecule has 13 nitrogen and oxygen atoms in total. The number of fused-ring (bicyclic) bond motifs is 2. The first kappa shape index (κ1) is 38.5. The number of hydrogen-bond acceptors (Lipinski definition) is 11. The number of anilines is 2. The van der Waals surface area contributed by atoms with Crippen LogP contribution >= 0.6 is 15.9 Å². The fourth-order valence-corrected chi connectivity index (χ4v) is 7.20. The highest BCUT2D eigenvalue weighted by molar-refractivity contribution is 9.10. The molecule has 8 aromatic heterocycles. The lowest BCUT2D eigenvalue weighted by Crippen LogP contribution is -2.05. The molecule has 9 rings (SSSR count). The molecule has 0 saturated carbocycles. The van der Waals surface area contributed by atoms with Gasteiger partial charge in [-0.15, -0.1) is 0 Å². The van der Waals surface area contributed by atoms with E-state index in [1.54, 1.807) is 30.7 Å². The first-order chi connectivity index (χ1) is 28.7. The van der Waals surface area contributed by atoms with Gasteiger partial charge in [0, 0.05) is 90.7 Å². The van der Waals surface area contributed by atoms with Crippen molar-refractivity contribution in [3.8, 4) is 39.8 Å². The number of nitriles is 1. The molecule has 59 heavy (non-hydrogen) atoms. The minimum absolute atomic E-state index is 0.579. The van der Waals surface area contributed by atoms with Gasteiger partial charge in [-0.2, -0.15) is 5.26 Å². The Morgan fingerprint density at radius 3 is 1.61 bits per heavy atom. The maximum atomic E-state index is 9.03. The van der Waals surface area contributed by atoms with Crippen LogP contribution in [0.1, 0.15) is 39.2 Å². The SMILES string of the molecule is Cc1cc(-c2ncc(CNc3nccn4c(-c5ccc(C#N)cc5)cnc34)cc2C)ccn1.Cc1cc(-c2ncc(CNc3nccn4c(Br)cnc34)cc2C)ccn1. The van der Waals surface area contributed by atoms with E-state index in [0.29, 0.717) is 24.5 Å². The number of rotatable bonds is 9. The molecule has 0 aliphatic carbocycles. The number of aryl methyl sites for hydroxylation is 4. The average molecular weight is 841 g/mol. The first-order valence-electron chi connectivity index (χ1n) is 18.8. The van der Waals surface area contributed by atoms with Crippen molar-refractivity contribution in [1.29, 1.82) is 5.26 Å². The zero-order valence-electron chi connectivity index (χ0n) is 32.8. The van der Waals surface area contributed by atoms with Crippen LogP contribution in [0, 0.1) is 39.0 Å². The molecule has 14 heteroatoms. The van der Waals surface area contributed by atoms with E-state index >= 15 is 0 Å². The Labute approximate surface area is 349 Å². The highest BCUT2D eigenvalue weighted by Crippen LogP contribution is 2.26. The summed E-state index contributed by atoms with van der Waals surface area (Å²) < 4.78 is 4.83. The normalized spacial score (nSPS) is 10.9. The summed E-state index contributed by atoms with van der Waals surface area (Å²) in [5.74, 6) is 1.44. The summed E-state index contributed by atoms with van der Waals surface area (Å²) in [6.07, 6.45) is 18.3. The first-order valence-corrected chi connectivity index (χ1v) is 19.6. The Morgan fingerprint density at radius 2 is 1.08 bits per heavy atom. The van der Waals surface area contributed by atoms with Crippen molar-refractivity contribution in [1.82, 2.24) is 48.7 Å². The summed E-state index contributed by atoms with van der Waals surface area (Å²) >= 11 is 3.47. The number of halogens is 1. The molecule has 0 radical (unpaired) electrons. The van der Waals surface area contributed by atoms with Crippen LogP contribution in [-0.2, 0) is 13.1 Å². The van der Waals surface area contributed by atoms with Gasteiger partial charge in [-0.05, 0) is 102 Å². The number of aromatic nitrogens is 10. The monoisotopic (exact) mass is 839 g/mol. The number of benzene rings is 1. The van der Waals surface area contributed by atoms with Crippen LogP contribution in [0.25, 0.3) is 45.1 Å². The van der Waals surface area contributed by atoms with Crippen molar-refractivity contribution in [2.24, 2.45) is 0 Å². The molecule has 0 spiro atoms. The molecule has 0 saturated heterocycles. The quantitative estimate of drug-likeness (QED) is 0.143.